The second-order valence-corrected chi connectivity index (χ2v) is 5.31. The van der Waals surface area contributed by atoms with E-state index in [1.165, 1.54) is 0 Å². The van der Waals surface area contributed by atoms with Crippen LogP contribution in [0.25, 0.3) is 0 Å². The van der Waals surface area contributed by atoms with Crippen LogP contribution in [0.5, 0.6) is 0 Å². The molecule has 3 heteroatoms. The third kappa shape index (κ3) is 4.65. The zero-order chi connectivity index (χ0) is 12.1. The van der Waals surface area contributed by atoms with Crippen LogP contribution in [0.4, 0.5) is 0 Å². The van der Waals surface area contributed by atoms with Crippen LogP contribution in [0.15, 0.2) is 0 Å². The van der Waals surface area contributed by atoms with Gasteiger partial charge in [0.25, 0.3) is 0 Å². The lowest BCUT2D eigenvalue weighted by Gasteiger charge is -2.39. The van der Waals surface area contributed by atoms with Crippen molar-refractivity contribution < 1.29 is 15.0 Å². The van der Waals surface area contributed by atoms with Crippen LogP contribution in [-0.2, 0) is 4.79 Å². The smallest absolute Gasteiger partial charge is 0.306 e. The molecule has 0 rings (SSSR count). The first kappa shape index (κ1) is 14.4. The first-order valence-corrected chi connectivity index (χ1v) is 5.67. The van der Waals surface area contributed by atoms with Crippen LogP contribution in [0, 0.1) is 5.41 Å². The molecular formula is C12H24O3. The molecule has 1 unspecified atom stereocenters. The minimum atomic E-state index is -1.09. The highest BCUT2D eigenvalue weighted by atomic mass is 16.4. The average molecular weight is 216 g/mol. The molecule has 0 aromatic carbocycles. The number of hydrogen-bond acceptors (Lipinski definition) is 2. The summed E-state index contributed by atoms with van der Waals surface area (Å²) in [6.45, 7) is 7.76. The van der Waals surface area contributed by atoms with Crippen molar-refractivity contribution in [1.82, 2.24) is 0 Å². The number of hydrogen-bond donors (Lipinski definition) is 2. The van der Waals surface area contributed by atoms with Crippen LogP contribution in [0.1, 0.15) is 59.8 Å². The van der Waals surface area contributed by atoms with Gasteiger partial charge in [0.15, 0.2) is 0 Å². The molecule has 15 heavy (non-hydrogen) atoms. The Morgan fingerprint density at radius 2 is 1.73 bits per heavy atom. The molecule has 90 valence electrons. The maximum Gasteiger partial charge on any atom is 0.306 e. The van der Waals surface area contributed by atoms with Crippen molar-refractivity contribution in [3.63, 3.8) is 0 Å². The molecule has 2 N–H and O–H groups in total. The van der Waals surface area contributed by atoms with Gasteiger partial charge in [0.05, 0.1) is 12.0 Å². The normalized spacial score (nSPS) is 16.1. The Kier molecular flexibility index (Phi) is 5.29. The molecule has 0 aliphatic carbocycles. The molecule has 0 aliphatic heterocycles. The molecule has 3 nitrogen and oxygen atoms in total. The predicted octanol–water partition coefficient (Wildman–Crippen LogP) is 2.82. The van der Waals surface area contributed by atoms with Crippen LogP contribution >= 0.6 is 0 Å². The Bertz CT molecular complexity index is 205. The van der Waals surface area contributed by atoms with Crippen molar-refractivity contribution in [3.05, 3.63) is 0 Å². The Morgan fingerprint density at radius 1 is 1.20 bits per heavy atom. The number of carbonyl (C=O) groups is 1. The van der Waals surface area contributed by atoms with Gasteiger partial charge in [-0.15, -0.1) is 0 Å². The Balaban J connectivity index is 4.49. The number of carboxylic acid groups (broad SMARTS) is 1. The van der Waals surface area contributed by atoms with Crippen LogP contribution < -0.4 is 0 Å². The van der Waals surface area contributed by atoms with Crippen molar-refractivity contribution in [2.75, 3.05) is 0 Å². The van der Waals surface area contributed by atoms with Crippen molar-refractivity contribution in [2.24, 2.45) is 5.41 Å². The molecule has 0 aliphatic rings. The number of carboxylic acids is 1. The van der Waals surface area contributed by atoms with Crippen LogP contribution in [0.2, 0.25) is 0 Å². The highest BCUT2D eigenvalue weighted by Gasteiger charge is 2.41. The van der Waals surface area contributed by atoms with Gasteiger partial charge in [-0.3, -0.25) is 4.79 Å². The molecule has 0 saturated carbocycles. The third-order valence-electron chi connectivity index (χ3n) is 3.03. The molecular weight excluding hydrogens is 192 g/mol. The van der Waals surface area contributed by atoms with E-state index in [4.69, 9.17) is 5.11 Å². The maximum atomic E-state index is 10.7. The summed E-state index contributed by atoms with van der Waals surface area (Å²) in [4.78, 5) is 10.7. The van der Waals surface area contributed by atoms with E-state index in [1.807, 2.05) is 20.8 Å². The standard InChI is InChI=1S/C12H24O3/c1-5-6-7-8-12(15,9-10(13)14)11(2,3)4/h15H,5-9H2,1-4H3,(H,13,14). The Morgan fingerprint density at radius 3 is 2.07 bits per heavy atom. The third-order valence-corrected chi connectivity index (χ3v) is 3.03. The summed E-state index contributed by atoms with van der Waals surface area (Å²) in [5.74, 6) is -0.927. The van der Waals surface area contributed by atoms with E-state index in [1.54, 1.807) is 0 Å². The van der Waals surface area contributed by atoms with Gasteiger partial charge in [-0.25, -0.2) is 0 Å². The minimum Gasteiger partial charge on any atom is -0.481 e. The van der Waals surface area contributed by atoms with Crippen molar-refractivity contribution in [2.45, 2.75) is 65.4 Å². The molecule has 0 fully saturated rings. The topological polar surface area (TPSA) is 57.5 Å². The quantitative estimate of drug-likeness (QED) is 0.671. The van der Waals surface area contributed by atoms with Crippen LogP contribution in [-0.4, -0.2) is 21.8 Å². The molecule has 0 saturated heterocycles. The number of aliphatic hydroxyl groups is 1. The maximum absolute atomic E-state index is 10.7. The first-order chi connectivity index (χ1) is 6.73. The Hall–Kier alpha value is -0.570. The summed E-state index contributed by atoms with van der Waals surface area (Å²) in [5.41, 5.74) is -1.48. The minimum absolute atomic E-state index is 0.166. The molecule has 0 spiro atoms. The second-order valence-electron chi connectivity index (χ2n) is 5.31. The summed E-state index contributed by atoms with van der Waals surface area (Å²) in [7, 11) is 0. The average Bonchev–Trinajstić information content (AvgIpc) is 2.01. The lowest BCUT2D eigenvalue weighted by Crippen LogP contribution is -2.44. The SMILES string of the molecule is CCCCCC(O)(CC(=O)O)C(C)(C)C. The molecule has 0 amide bonds. The summed E-state index contributed by atoms with van der Waals surface area (Å²) in [6, 6.07) is 0. The number of unbranched alkanes of at least 4 members (excludes halogenated alkanes) is 2. The highest BCUT2D eigenvalue weighted by molar-refractivity contribution is 5.68. The zero-order valence-electron chi connectivity index (χ0n) is 10.3. The van der Waals surface area contributed by atoms with Gasteiger partial charge in [0.1, 0.15) is 0 Å². The van der Waals surface area contributed by atoms with Gasteiger partial charge in [-0.1, -0.05) is 47.0 Å². The van der Waals surface area contributed by atoms with E-state index in [2.05, 4.69) is 6.92 Å². The van der Waals surface area contributed by atoms with E-state index >= 15 is 0 Å². The lowest BCUT2D eigenvalue weighted by molar-refractivity contribution is -0.149. The van der Waals surface area contributed by atoms with Gasteiger partial charge >= 0.3 is 5.97 Å². The molecule has 0 bridgehead atoms. The van der Waals surface area contributed by atoms with Gasteiger partial charge in [-0.05, 0) is 11.8 Å². The summed E-state index contributed by atoms with van der Waals surface area (Å²) in [5, 5.41) is 19.2. The molecule has 0 radical (unpaired) electrons. The van der Waals surface area contributed by atoms with E-state index in [-0.39, 0.29) is 11.8 Å². The predicted molar refractivity (Wildman–Crippen MR) is 60.8 cm³/mol. The molecule has 0 aromatic rings. The largest absolute Gasteiger partial charge is 0.481 e. The fraction of sp³-hybridized carbons (Fsp3) is 0.917. The second kappa shape index (κ2) is 5.50. The van der Waals surface area contributed by atoms with Gasteiger partial charge < -0.3 is 10.2 Å². The highest BCUT2D eigenvalue weighted by Crippen LogP contribution is 2.37. The number of rotatable bonds is 6. The van der Waals surface area contributed by atoms with E-state index < -0.39 is 11.6 Å². The fourth-order valence-electron chi connectivity index (χ4n) is 1.65. The van der Waals surface area contributed by atoms with E-state index in [0.29, 0.717) is 6.42 Å². The molecule has 0 aromatic heterocycles. The summed E-state index contributed by atoms with van der Waals surface area (Å²) in [6.07, 6.45) is 3.40. The van der Waals surface area contributed by atoms with Gasteiger partial charge in [0.2, 0.25) is 0 Å². The van der Waals surface area contributed by atoms with Crippen LogP contribution in [0.3, 0.4) is 0 Å². The van der Waals surface area contributed by atoms with E-state index in [0.717, 1.165) is 19.3 Å². The summed E-state index contributed by atoms with van der Waals surface area (Å²) < 4.78 is 0. The van der Waals surface area contributed by atoms with Crippen molar-refractivity contribution in [3.8, 4) is 0 Å². The fourth-order valence-corrected chi connectivity index (χ4v) is 1.65. The van der Waals surface area contributed by atoms with Gasteiger partial charge in [-0.2, -0.15) is 0 Å². The van der Waals surface area contributed by atoms with Crippen molar-refractivity contribution in [1.29, 1.82) is 0 Å². The number of aliphatic carboxylic acids is 1. The summed E-state index contributed by atoms with van der Waals surface area (Å²) >= 11 is 0. The Labute approximate surface area is 92.5 Å². The molecule has 1 atom stereocenters. The van der Waals surface area contributed by atoms with Crippen molar-refractivity contribution >= 4 is 5.97 Å². The van der Waals surface area contributed by atoms with E-state index in [9.17, 15) is 9.90 Å². The lowest BCUT2D eigenvalue weighted by atomic mass is 9.71. The van der Waals surface area contributed by atoms with Gasteiger partial charge in [0, 0.05) is 0 Å². The molecule has 0 heterocycles. The zero-order valence-corrected chi connectivity index (χ0v) is 10.3. The monoisotopic (exact) mass is 216 g/mol. The first-order valence-electron chi connectivity index (χ1n) is 5.67.